The topological polar surface area (TPSA) is 60.6 Å². The molecular weight excluding hydrogens is 242 g/mol. The molecule has 5 heteroatoms. The Balaban J connectivity index is 1.76. The molecule has 3 heterocycles. The van der Waals surface area contributed by atoms with Crippen molar-refractivity contribution in [1.29, 1.82) is 0 Å². The zero-order valence-corrected chi connectivity index (χ0v) is 11.1. The lowest BCUT2D eigenvalue weighted by Gasteiger charge is -2.42. The normalized spacial score (nSPS) is 24.7. The number of likely N-dealkylation sites (tertiary alicyclic amines) is 1. The van der Waals surface area contributed by atoms with Crippen LogP contribution in [0.4, 0.5) is 0 Å². The van der Waals surface area contributed by atoms with Gasteiger partial charge in [-0.15, -0.1) is 0 Å². The first-order valence-corrected chi connectivity index (χ1v) is 6.95. The Labute approximate surface area is 113 Å². The molecule has 2 aliphatic rings. The van der Waals surface area contributed by atoms with Gasteiger partial charge in [-0.2, -0.15) is 0 Å². The molecule has 0 aromatic carbocycles. The number of piperidine rings is 1. The van der Waals surface area contributed by atoms with Gasteiger partial charge in [0.1, 0.15) is 0 Å². The van der Waals surface area contributed by atoms with Gasteiger partial charge in [-0.05, 0) is 30.7 Å². The summed E-state index contributed by atoms with van der Waals surface area (Å²) in [6.45, 7) is 3.85. The van der Waals surface area contributed by atoms with Crippen LogP contribution >= 0.6 is 0 Å². The molecule has 1 spiro atoms. The summed E-state index contributed by atoms with van der Waals surface area (Å²) < 4.78 is 11.7. The van der Waals surface area contributed by atoms with Crippen molar-refractivity contribution in [3.63, 3.8) is 0 Å². The second-order valence-corrected chi connectivity index (χ2v) is 5.21. The maximum atomic E-state index is 5.98. The average Bonchev–Trinajstić information content (AvgIpc) is 2.89. The molecule has 0 amide bonds. The first-order chi connectivity index (χ1) is 9.33. The molecule has 1 aromatic heterocycles. The van der Waals surface area contributed by atoms with Crippen LogP contribution in [0, 0.1) is 0 Å². The number of rotatable bonds is 3. The Morgan fingerprint density at radius 1 is 1.32 bits per heavy atom. The van der Waals surface area contributed by atoms with Crippen LogP contribution in [0.2, 0.25) is 0 Å². The molecule has 0 aliphatic carbocycles. The van der Waals surface area contributed by atoms with Gasteiger partial charge in [0.15, 0.2) is 5.79 Å². The molecular formula is C14H21N3O2. The zero-order chi connectivity index (χ0) is 13.1. The molecule has 19 heavy (non-hydrogen) atoms. The molecule has 1 unspecified atom stereocenters. The fraction of sp³-hybridized carbons (Fsp3) is 0.643. The second-order valence-electron chi connectivity index (χ2n) is 5.21. The lowest BCUT2D eigenvalue weighted by Crippen LogP contribution is -2.51. The van der Waals surface area contributed by atoms with Gasteiger partial charge < -0.3 is 15.2 Å². The first kappa shape index (κ1) is 13.0. The number of nitrogens with zero attached hydrogens (tertiary/aromatic N) is 2. The van der Waals surface area contributed by atoms with Crippen LogP contribution in [0.15, 0.2) is 24.5 Å². The summed E-state index contributed by atoms with van der Waals surface area (Å²) in [5.74, 6) is -0.390. The average molecular weight is 263 g/mol. The van der Waals surface area contributed by atoms with Gasteiger partial charge in [-0.25, -0.2) is 0 Å². The van der Waals surface area contributed by atoms with Crippen molar-refractivity contribution < 1.29 is 9.47 Å². The summed E-state index contributed by atoms with van der Waals surface area (Å²) in [7, 11) is 0. The Bertz CT molecular complexity index is 406. The SMILES string of the molecule is NCC(c1ccncc1)N1CCCC2(C1)OCCO2. The number of pyridine rings is 1. The number of hydrogen-bond acceptors (Lipinski definition) is 5. The summed E-state index contributed by atoms with van der Waals surface area (Å²) in [6.07, 6.45) is 5.71. The van der Waals surface area contributed by atoms with E-state index in [0.717, 1.165) is 25.9 Å². The van der Waals surface area contributed by atoms with Crippen LogP contribution in [-0.4, -0.2) is 48.5 Å². The van der Waals surface area contributed by atoms with E-state index in [1.165, 1.54) is 5.56 Å². The van der Waals surface area contributed by atoms with Crippen molar-refractivity contribution in [2.75, 3.05) is 32.8 Å². The highest BCUT2D eigenvalue weighted by atomic mass is 16.7. The van der Waals surface area contributed by atoms with Crippen molar-refractivity contribution in [2.24, 2.45) is 5.73 Å². The molecule has 104 valence electrons. The van der Waals surface area contributed by atoms with Crippen LogP contribution in [0.25, 0.3) is 0 Å². The van der Waals surface area contributed by atoms with Gasteiger partial charge in [0.25, 0.3) is 0 Å². The van der Waals surface area contributed by atoms with Gasteiger partial charge in [0, 0.05) is 31.4 Å². The molecule has 0 bridgehead atoms. The summed E-state index contributed by atoms with van der Waals surface area (Å²) in [4.78, 5) is 6.45. The molecule has 3 rings (SSSR count). The Hall–Kier alpha value is -1.01. The highest BCUT2D eigenvalue weighted by Gasteiger charge is 2.42. The lowest BCUT2D eigenvalue weighted by molar-refractivity contribution is -0.193. The third-order valence-electron chi connectivity index (χ3n) is 4.02. The first-order valence-electron chi connectivity index (χ1n) is 6.95. The van der Waals surface area contributed by atoms with Crippen molar-refractivity contribution >= 4 is 0 Å². The molecule has 2 saturated heterocycles. The number of ether oxygens (including phenoxy) is 2. The summed E-state index contributed by atoms with van der Waals surface area (Å²) >= 11 is 0. The summed E-state index contributed by atoms with van der Waals surface area (Å²) in [5, 5.41) is 0. The van der Waals surface area contributed by atoms with Gasteiger partial charge in [-0.3, -0.25) is 9.88 Å². The standard InChI is InChI=1S/C14H21N3O2/c15-10-13(12-2-5-16-6-3-12)17-7-1-4-14(11-17)18-8-9-19-14/h2-3,5-6,13H,1,4,7-11,15H2. The Morgan fingerprint density at radius 3 is 2.74 bits per heavy atom. The van der Waals surface area contributed by atoms with E-state index >= 15 is 0 Å². The van der Waals surface area contributed by atoms with E-state index in [4.69, 9.17) is 15.2 Å². The summed E-state index contributed by atoms with van der Waals surface area (Å²) in [5.41, 5.74) is 7.19. The van der Waals surface area contributed by atoms with E-state index in [9.17, 15) is 0 Å². The quantitative estimate of drug-likeness (QED) is 0.878. The minimum Gasteiger partial charge on any atom is -0.346 e. The molecule has 1 atom stereocenters. The van der Waals surface area contributed by atoms with Crippen molar-refractivity contribution in [1.82, 2.24) is 9.88 Å². The highest BCUT2D eigenvalue weighted by Crippen LogP contribution is 2.33. The van der Waals surface area contributed by atoms with Crippen LogP contribution in [0.3, 0.4) is 0 Å². The number of aromatic nitrogens is 1. The molecule has 0 saturated carbocycles. The molecule has 2 aliphatic heterocycles. The number of hydrogen-bond donors (Lipinski definition) is 1. The van der Waals surface area contributed by atoms with Crippen molar-refractivity contribution in [3.05, 3.63) is 30.1 Å². The highest BCUT2D eigenvalue weighted by molar-refractivity contribution is 5.16. The third-order valence-corrected chi connectivity index (χ3v) is 4.02. The fourth-order valence-electron chi connectivity index (χ4n) is 3.10. The van der Waals surface area contributed by atoms with Gasteiger partial charge >= 0.3 is 0 Å². The lowest BCUT2D eigenvalue weighted by atomic mass is 9.99. The van der Waals surface area contributed by atoms with E-state index < -0.39 is 5.79 Å². The Morgan fingerprint density at radius 2 is 2.05 bits per heavy atom. The fourth-order valence-corrected chi connectivity index (χ4v) is 3.10. The van der Waals surface area contributed by atoms with E-state index in [-0.39, 0.29) is 6.04 Å². The van der Waals surface area contributed by atoms with Gasteiger partial charge in [-0.1, -0.05) is 0 Å². The van der Waals surface area contributed by atoms with E-state index in [1.54, 1.807) is 0 Å². The van der Waals surface area contributed by atoms with Gasteiger partial charge in [0.05, 0.1) is 19.8 Å². The third kappa shape index (κ3) is 2.65. The van der Waals surface area contributed by atoms with Crippen LogP contribution in [0.1, 0.15) is 24.4 Å². The minimum absolute atomic E-state index is 0.216. The minimum atomic E-state index is -0.390. The largest absolute Gasteiger partial charge is 0.346 e. The monoisotopic (exact) mass is 263 g/mol. The predicted molar refractivity (Wildman–Crippen MR) is 71.5 cm³/mol. The summed E-state index contributed by atoms with van der Waals surface area (Å²) in [6, 6.07) is 4.29. The molecule has 1 aromatic rings. The van der Waals surface area contributed by atoms with Crippen molar-refractivity contribution in [2.45, 2.75) is 24.7 Å². The van der Waals surface area contributed by atoms with Crippen LogP contribution in [0.5, 0.6) is 0 Å². The molecule has 0 radical (unpaired) electrons. The number of nitrogens with two attached hydrogens (primary N) is 1. The molecule has 2 fully saturated rings. The maximum Gasteiger partial charge on any atom is 0.181 e. The molecule has 5 nitrogen and oxygen atoms in total. The van der Waals surface area contributed by atoms with Gasteiger partial charge in [0.2, 0.25) is 0 Å². The van der Waals surface area contributed by atoms with E-state index in [0.29, 0.717) is 19.8 Å². The Kier molecular flexibility index (Phi) is 3.79. The maximum absolute atomic E-state index is 5.98. The van der Waals surface area contributed by atoms with Crippen molar-refractivity contribution in [3.8, 4) is 0 Å². The van der Waals surface area contributed by atoms with E-state index in [1.807, 2.05) is 24.5 Å². The zero-order valence-electron chi connectivity index (χ0n) is 11.1. The molecule has 2 N–H and O–H groups in total. The second kappa shape index (κ2) is 5.54. The van der Waals surface area contributed by atoms with E-state index in [2.05, 4.69) is 9.88 Å². The van der Waals surface area contributed by atoms with Crippen LogP contribution in [-0.2, 0) is 9.47 Å². The smallest absolute Gasteiger partial charge is 0.181 e. The van der Waals surface area contributed by atoms with Crippen LogP contribution < -0.4 is 5.73 Å². The predicted octanol–water partition coefficient (Wildman–Crippen LogP) is 0.920.